The fourth-order valence-electron chi connectivity index (χ4n) is 20.5. The van der Waals surface area contributed by atoms with Gasteiger partial charge in [0.1, 0.15) is 25.3 Å². The van der Waals surface area contributed by atoms with E-state index in [0.717, 1.165) is 146 Å². The van der Waals surface area contributed by atoms with Crippen molar-refractivity contribution in [2.24, 2.45) is 0 Å². The average Bonchev–Trinajstić information content (AvgIpc) is 1.51. The monoisotopic (exact) mass is 1710 g/mol. The summed E-state index contributed by atoms with van der Waals surface area (Å²) in [5, 5.41) is 0. The van der Waals surface area contributed by atoms with Crippen LogP contribution in [0.1, 0.15) is 44.5 Å². The van der Waals surface area contributed by atoms with E-state index in [9.17, 15) is 0 Å². The summed E-state index contributed by atoms with van der Waals surface area (Å²) in [5.41, 5.74) is 44.7. The van der Waals surface area contributed by atoms with Gasteiger partial charge in [0.25, 0.3) is 0 Å². The SMILES string of the molecule is c1cc(-c2cc(-c3cccc(-c4cccc(-c5cncnc5)n4)c3)cc(-c3cccc4c3-c3ccccc3C43c4ccccc4-c4ccccc43)c2)cc(-c2cccc(-c3cncnc3)n2)c1.c1ccc(C2(c3ccccc3)c3ccccc3-c3c(-c4cc(-c5cccc(-c6cccc(-c7cncnc7)n6)c5)cc(-c5cccc(-c6cccc(-c7cncnc7)n6)c5)c4)cccc32)cc1. The molecule has 3 aliphatic rings. The fourth-order valence-corrected chi connectivity index (χ4v) is 20.5. The highest BCUT2D eigenvalue weighted by Crippen LogP contribution is 2.65. The minimum Gasteiger partial charge on any atom is -0.248 e. The van der Waals surface area contributed by atoms with E-state index in [1.54, 1.807) is 62.2 Å². The lowest BCUT2D eigenvalue weighted by Crippen LogP contribution is -2.28. The molecule has 1 spiro atoms. The summed E-state index contributed by atoms with van der Waals surface area (Å²) in [6.45, 7) is 0. The summed E-state index contributed by atoms with van der Waals surface area (Å²) in [7, 11) is 0. The summed E-state index contributed by atoms with van der Waals surface area (Å²) in [4.78, 5) is 54.2. The maximum Gasteiger partial charge on any atom is 0.115 e. The van der Waals surface area contributed by atoms with Crippen molar-refractivity contribution in [3.05, 3.63) is 520 Å². The normalized spacial score (nSPS) is 12.4. The van der Waals surface area contributed by atoms with Crippen molar-refractivity contribution in [3.8, 4) is 190 Å². The molecule has 14 aromatic carbocycles. The highest BCUT2D eigenvalue weighted by Gasteiger charge is 2.52. The van der Waals surface area contributed by atoms with Crippen molar-refractivity contribution in [2.75, 3.05) is 0 Å². The minimum absolute atomic E-state index is 0.445. The van der Waals surface area contributed by atoms with E-state index in [1.165, 1.54) is 102 Å². The predicted molar refractivity (Wildman–Crippen MR) is 536 cm³/mol. The molecule has 626 valence electrons. The predicted octanol–water partition coefficient (Wildman–Crippen LogP) is 28.2. The van der Waals surface area contributed by atoms with Crippen LogP contribution in [0.2, 0.25) is 0 Å². The number of aromatic nitrogens is 12. The molecule has 0 radical (unpaired) electrons. The van der Waals surface area contributed by atoms with E-state index in [2.05, 4.69) is 392 Å². The molecule has 3 aliphatic carbocycles. The van der Waals surface area contributed by atoms with Crippen molar-refractivity contribution in [3.63, 3.8) is 0 Å². The molecule has 0 fully saturated rings. The van der Waals surface area contributed by atoms with Gasteiger partial charge in [-0.1, -0.05) is 291 Å². The van der Waals surface area contributed by atoms with Crippen LogP contribution in [-0.2, 0) is 10.8 Å². The second-order valence-corrected chi connectivity index (χ2v) is 33.9. The Hall–Kier alpha value is -18.0. The number of pyridine rings is 4. The Kier molecular flexibility index (Phi) is 20.1. The largest absolute Gasteiger partial charge is 0.248 e. The Balaban J connectivity index is 0.000000147. The molecule has 0 atom stereocenters. The van der Waals surface area contributed by atoms with Gasteiger partial charge in [-0.25, -0.2) is 59.8 Å². The van der Waals surface area contributed by atoms with E-state index >= 15 is 0 Å². The van der Waals surface area contributed by atoms with Gasteiger partial charge in [0.05, 0.1) is 56.4 Å². The highest BCUT2D eigenvalue weighted by molar-refractivity contribution is 6.02. The van der Waals surface area contributed by atoms with E-state index < -0.39 is 10.8 Å². The summed E-state index contributed by atoms with van der Waals surface area (Å²) in [6.07, 6.45) is 20.5. The molecule has 22 aromatic rings. The molecule has 12 heteroatoms. The summed E-state index contributed by atoms with van der Waals surface area (Å²) < 4.78 is 0. The molecule has 0 aliphatic heterocycles. The number of fused-ring (bicyclic) bond motifs is 13. The minimum atomic E-state index is -0.519. The van der Waals surface area contributed by atoms with Crippen molar-refractivity contribution in [1.82, 2.24) is 59.8 Å². The molecule has 134 heavy (non-hydrogen) atoms. The Labute approximate surface area is 775 Å². The van der Waals surface area contributed by atoms with Crippen LogP contribution >= 0.6 is 0 Å². The third-order valence-corrected chi connectivity index (χ3v) is 26.4. The summed E-state index contributed by atoms with van der Waals surface area (Å²) in [6, 6.07) is 145. The topological polar surface area (TPSA) is 155 Å². The molecule has 0 N–H and O–H groups in total. The van der Waals surface area contributed by atoms with Crippen LogP contribution in [0.3, 0.4) is 0 Å². The van der Waals surface area contributed by atoms with Gasteiger partial charge in [0.15, 0.2) is 0 Å². The third kappa shape index (κ3) is 14.0. The molecule has 25 rings (SSSR count). The number of nitrogens with zero attached hydrogens (tertiary/aromatic N) is 12. The Morgan fingerprint density at radius 2 is 0.343 bits per heavy atom. The maximum absolute atomic E-state index is 5.08. The van der Waals surface area contributed by atoms with Crippen molar-refractivity contribution in [2.45, 2.75) is 10.8 Å². The van der Waals surface area contributed by atoms with Gasteiger partial charge >= 0.3 is 0 Å². The number of hydrogen-bond donors (Lipinski definition) is 0. The first-order chi connectivity index (χ1) is 66.4. The zero-order chi connectivity index (χ0) is 88.9. The van der Waals surface area contributed by atoms with Gasteiger partial charge in [-0.05, 0) is 254 Å². The molecule has 0 saturated heterocycles. The van der Waals surface area contributed by atoms with E-state index in [1.807, 2.05) is 48.5 Å². The zero-order valence-electron chi connectivity index (χ0n) is 72.4. The van der Waals surface area contributed by atoms with Crippen LogP contribution < -0.4 is 0 Å². The number of benzene rings is 14. The molecular weight excluding hydrogens is 1630 g/mol. The lowest BCUT2D eigenvalue weighted by Gasteiger charge is -2.34. The molecular formula is C122H78N12. The second-order valence-electron chi connectivity index (χ2n) is 33.9. The van der Waals surface area contributed by atoms with Crippen molar-refractivity contribution >= 4 is 0 Å². The van der Waals surface area contributed by atoms with E-state index in [-0.39, 0.29) is 0 Å². The Bertz CT molecular complexity index is 7490. The number of hydrogen-bond acceptors (Lipinski definition) is 12. The zero-order valence-corrected chi connectivity index (χ0v) is 72.4. The molecule has 0 unspecified atom stereocenters. The van der Waals surface area contributed by atoms with Crippen LogP contribution in [0.5, 0.6) is 0 Å². The quantitative estimate of drug-likeness (QED) is 0.0904. The molecule has 8 aromatic heterocycles. The van der Waals surface area contributed by atoms with Gasteiger partial charge in [-0.2, -0.15) is 0 Å². The van der Waals surface area contributed by atoms with Crippen LogP contribution in [0.4, 0.5) is 0 Å². The van der Waals surface area contributed by atoms with E-state index in [4.69, 9.17) is 19.9 Å². The van der Waals surface area contributed by atoms with Gasteiger partial charge in [-0.3, -0.25) is 0 Å². The van der Waals surface area contributed by atoms with E-state index in [0.29, 0.717) is 0 Å². The van der Waals surface area contributed by atoms with Crippen LogP contribution in [0.25, 0.3) is 190 Å². The first-order valence-corrected chi connectivity index (χ1v) is 44.8. The third-order valence-electron chi connectivity index (χ3n) is 26.4. The van der Waals surface area contributed by atoms with Crippen molar-refractivity contribution < 1.29 is 0 Å². The van der Waals surface area contributed by atoms with Gasteiger partial charge in [0.2, 0.25) is 0 Å². The Morgan fingerprint density at radius 3 is 0.657 bits per heavy atom. The second kappa shape index (κ2) is 33.9. The smallest absolute Gasteiger partial charge is 0.115 e. The molecule has 8 heterocycles. The average molecular weight is 1710 g/mol. The molecule has 0 saturated carbocycles. The van der Waals surface area contributed by atoms with Gasteiger partial charge in [0, 0.05) is 94.1 Å². The first-order valence-electron chi connectivity index (χ1n) is 44.8. The van der Waals surface area contributed by atoms with Crippen LogP contribution in [0, 0.1) is 0 Å². The number of rotatable bonds is 16. The molecule has 12 nitrogen and oxygen atoms in total. The molecule has 0 amide bonds. The van der Waals surface area contributed by atoms with Crippen molar-refractivity contribution in [1.29, 1.82) is 0 Å². The van der Waals surface area contributed by atoms with Crippen LogP contribution in [-0.4, -0.2) is 59.8 Å². The highest BCUT2D eigenvalue weighted by atomic mass is 14.8. The van der Waals surface area contributed by atoms with Gasteiger partial charge in [-0.15, -0.1) is 0 Å². The van der Waals surface area contributed by atoms with Crippen LogP contribution in [0.15, 0.2) is 475 Å². The van der Waals surface area contributed by atoms with Gasteiger partial charge < -0.3 is 0 Å². The Morgan fingerprint density at radius 1 is 0.134 bits per heavy atom. The summed E-state index contributed by atoms with van der Waals surface area (Å²) in [5.74, 6) is 0. The lowest BCUT2D eigenvalue weighted by atomic mass is 9.67. The standard InChI is InChI=1S/C61H38N6.C61H40N6/c1-4-20-52-49(16-1)50-17-2-5-21-53(50)61(52)54-22-6-3-18-51(54)60-48(19-9-23-55(60)61)45-31-43(39-12-7-14-41(28-39)56-24-10-26-58(66-56)46-33-62-37-63-34-46)30-44(32-45)40-13-8-15-42(29-40)57-25-11-27-59(67-57)47-35-64-38-65-36-47;1-3-18-50(19-4-1)61(51-20-5-2-6-21-51)54-24-8-7-22-53(54)60-52(23-11-25-55(60)61)47-33-45(41-14-9-16-43(30-41)56-26-12-28-58(66-56)48-35-62-39-63-36-48)32-46(34-47)42-15-10-17-44(31-42)57-27-13-29-59(67-57)49-37-64-40-65-38-49/h1-38H;1-40H. The first kappa shape index (κ1) is 79.4. The maximum atomic E-state index is 5.08. The summed E-state index contributed by atoms with van der Waals surface area (Å²) >= 11 is 0. The molecule has 0 bridgehead atoms. The fraction of sp³-hybridized carbons (Fsp3) is 0.0164. The lowest BCUT2D eigenvalue weighted by molar-refractivity contribution is 0.768.